The maximum absolute atomic E-state index is 6.40. The third-order valence-corrected chi connectivity index (χ3v) is 6.60. The minimum atomic E-state index is -3.17. The van der Waals surface area contributed by atoms with E-state index < -0.39 is 9.05 Å². The Kier molecular flexibility index (Phi) is 10.9. The average molecular weight is 349 g/mol. The van der Waals surface area contributed by atoms with Crippen molar-refractivity contribution in [1.82, 2.24) is 0 Å². The van der Waals surface area contributed by atoms with Crippen LogP contribution in [-0.4, -0.2) is 33.5 Å². The third-order valence-electron chi connectivity index (χ3n) is 3.71. The van der Waals surface area contributed by atoms with Crippen LogP contribution in [0.1, 0.15) is 93.9 Å². The second-order valence-corrected chi connectivity index (χ2v) is 9.28. The molecular formula is C18H40O4Si. The first-order valence-electron chi connectivity index (χ1n) is 9.34. The monoisotopic (exact) mass is 348 g/mol. The molecule has 0 bridgehead atoms. The van der Waals surface area contributed by atoms with Gasteiger partial charge >= 0.3 is 9.05 Å². The molecule has 0 heterocycles. The number of hydrogen-bond donors (Lipinski definition) is 0. The van der Waals surface area contributed by atoms with E-state index in [9.17, 15) is 0 Å². The number of unbranched alkanes of at least 4 members (excludes halogenated alkanes) is 2. The topological polar surface area (TPSA) is 36.9 Å². The molecule has 0 saturated heterocycles. The summed E-state index contributed by atoms with van der Waals surface area (Å²) in [5, 5.41) is 0. The molecule has 0 aliphatic heterocycles. The Morgan fingerprint density at radius 1 is 0.652 bits per heavy atom. The van der Waals surface area contributed by atoms with E-state index in [2.05, 4.69) is 41.5 Å². The lowest BCUT2D eigenvalue weighted by Gasteiger charge is -2.40. The molecule has 5 heteroatoms. The summed E-state index contributed by atoms with van der Waals surface area (Å²) in [7, 11) is -3.17. The molecule has 0 aromatic rings. The molecule has 0 saturated carbocycles. The van der Waals surface area contributed by atoms with Crippen LogP contribution >= 0.6 is 0 Å². The molecule has 0 N–H and O–H groups in total. The molecule has 23 heavy (non-hydrogen) atoms. The van der Waals surface area contributed by atoms with Crippen molar-refractivity contribution in [3.63, 3.8) is 0 Å². The molecule has 0 rings (SSSR count). The van der Waals surface area contributed by atoms with Crippen molar-refractivity contribution in [2.24, 2.45) is 0 Å². The minimum absolute atomic E-state index is 0.312. The Labute approximate surface area is 145 Å². The lowest BCUT2D eigenvalue weighted by Crippen LogP contribution is -2.57. The normalized spacial score (nSPS) is 13.6. The predicted molar refractivity (Wildman–Crippen MR) is 98.4 cm³/mol. The molecule has 0 spiro atoms. The van der Waals surface area contributed by atoms with Gasteiger partial charge in [0.15, 0.2) is 0 Å². The van der Waals surface area contributed by atoms with Gasteiger partial charge in [-0.2, -0.15) is 0 Å². The summed E-state index contributed by atoms with van der Waals surface area (Å²) in [6.07, 6.45) is 6.47. The van der Waals surface area contributed by atoms with Crippen LogP contribution in [-0.2, 0) is 17.7 Å². The van der Waals surface area contributed by atoms with Crippen molar-refractivity contribution in [2.45, 2.75) is 105 Å². The molecule has 140 valence electrons. The van der Waals surface area contributed by atoms with Gasteiger partial charge in [0, 0.05) is 13.2 Å². The first-order valence-corrected chi connectivity index (χ1v) is 11.0. The van der Waals surface area contributed by atoms with Crippen molar-refractivity contribution in [1.29, 1.82) is 0 Å². The molecule has 0 aromatic carbocycles. The molecular weight excluding hydrogens is 308 g/mol. The zero-order valence-electron chi connectivity index (χ0n) is 16.8. The average Bonchev–Trinajstić information content (AvgIpc) is 2.42. The predicted octanol–water partition coefficient (Wildman–Crippen LogP) is 5.47. The maximum Gasteiger partial charge on any atom is 0.680 e. The summed E-state index contributed by atoms with van der Waals surface area (Å²) in [5.74, 6) is 0. The summed E-state index contributed by atoms with van der Waals surface area (Å²) in [6.45, 7) is 17.8. The first kappa shape index (κ1) is 23.1. The van der Waals surface area contributed by atoms with Gasteiger partial charge < -0.3 is 17.7 Å². The summed E-state index contributed by atoms with van der Waals surface area (Å²) in [5.41, 5.74) is -0.624. The maximum atomic E-state index is 6.40. The van der Waals surface area contributed by atoms with Crippen LogP contribution in [0.3, 0.4) is 0 Å². The van der Waals surface area contributed by atoms with E-state index in [0.717, 1.165) is 38.5 Å². The summed E-state index contributed by atoms with van der Waals surface area (Å²) < 4.78 is 24.7. The standard InChI is InChI=1S/C18H40O4Si/c1-9-13-15-17(5,6)21-23(19-11-3,20-12-4)22-18(7,8)16-14-10-2/h9-16H2,1-8H3. The quantitative estimate of drug-likeness (QED) is 0.390. The van der Waals surface area contributed by atoms with Crippen molar-refractivity contribution in [2.75, 3.05) is 13.2 Å². The smallest absolute Gasteiger partial charge is 0.351 e. The van der Waals surface area contributed by atoms with E-state index in [4.69, 9.17) is 17.7 Å². The van der Waals surface area contributed by atoms with Gasteiger partial charge in [0.25, 0.3) is 0 Å². The summed E-state index contributed by atoms with van der Waals surface area (Å²) >= 11 is 0. The van der Waals surface area contributed by atoms with Gasteiger partial charge in [-0.1, -0.05) is 39.5 Å². The third kappa shape index (κ3) is 9.82. The lowest BCUT2D eigenvalue weighted by atomic mass is 10.0. The van der Waals surface area contributed by atoms with Crippen molar-refractivity contribution in [3.8, 4) is 0 Å². The molecule has 0 amide bonds. The second-order valence-electron chi connectivity index (χ2n) is 7.30. The molecule has 4 nitrogen and oxygen atoms in total. The van der Waals surface area contributed by atoms with Crippen LogP contribution in [0.2, 0.25) is 0 Å². The van der Waals surface area contributed by atoms with Crippen LogP contribution in [0.4, 0.5) is 0 Å². The highest BCUT2D eigenvalue weighted by Gasteiger charge is 2.52. The molecule has 0 fully saturated rings. The highest BCUT2D eigenvalue weighted by Crippen LogP contribution is 2.31. The fourth-order valence-electron chi connectivity index (χ4n) is 2.52. The molecule has 0 unspecified atom stereocenters. The zero-order valence-corrected chi connectivity index (χ0v) is 17.8. The van der Waals surface area contributed by atoms with E-state index >= 15 is 0 Å². The van der Waals surface area contributed by atoms with E-state index in [1.54, 1.807) is 0 Å². The van der Waals surface area contributed by atoms with E-state index in [1.807, 2.05) is 13.8 Å². The Morgan fingerprint density at radius 3 is 1.26 bits per heavy atom. The highest BCUT2D eigenvalue weighted by molar-refractivity contribution is 6.53. The second kappa shape index (κ2) is 10.8. The van der Waals surface area contributed by atoms with Crippen molar-refractivity contribution in [3.05, 3.63) is 0 Å². The summed E-state index contributed by atoms with van der Waals surface area (Å²) in [4.78, 5) is 0. The largest absolute Gasteiger partial charge is 0.680 e. The van der Waals surface area contributed by atoms with Gasteiger partial charge in [-0.05, 0) is 54.4 Å². The number of rotatable bonds is 14. The van der Waals surface area contributed by atoms with Gasteiger partial charge in [-0.3, -0.25) is 0 Å². The fourth-order valence-corrected chi connectivity index (χ4v) is 5.14. The Balaban J connectivity index is 5.20. The van der Waals surface area contributed by atoms with Gasteiger partial charge in [0.05, 0.1) is 11.2 Å². The van der Waals surface area contributed by atoms with Crippen LogP contribution in [0.25, 0.3) is 0 Å². The molecule has 0 atom stereocenters. The Morgan fingerprint density at radius 2 is 1.00 bits per heavy atom. The van der Waals surface area contributed by atoms with E-state index in [-0.39, 0.29) is 11.2 Å². The van der Waals surface area contributed by atoms with Crippen LogP contribution in [0.15, 0.2) is 0 Å². The lowest BCUT2D eigenvalue weighted by molar-refractivity contribution is -0.118. The van der Waals surface area contributed by atoms with Crippen LogP contribution in [0.5, 0.6) is 0 Å². The van der Waals surface area contributed by atoms with Gasteiger partial charge in [0.2, 0.25) is 0 Å². The zero-order chi connectivity index (χ0) is 18.0. The van der Waals surface area contributed by atoms with Gasteiger partial charge in [0.1, 0.15) is 0 Å². The van der Waals surface area contributed by atoms with Crippen molar-refractivity contribution < 1.29 is 17.7 Å². The van der Waals surface area contributed by atoms with Crippen LogP contribution < -0.4 is 0 Å². The van der Waals surface area contributed by atoms with Crippen LogP contribution in [0, 0.1) is 0 Å². The molecule has 0 aliphatic rings. The van der Waals surface area contributed by atoms with E-state index in [1.165, 1.54) is 0 Å². The van der Waals surface area contributed by atoms with E-state index in [0.29, 0.717) is 13.2 Å². The number of hydrogen-bond acceptors (Lipinski definition) is 4. The minimum Gasteiger partial charge on any atom is -0.351 e. The molecule has 0 aromatic heterocycles. The van der Waals surface area contributed by atoms with Gasteiger partial charge in [-0.25, -0.2) is 0 Å². The highest BCUT2D eigenvalue weighted by atomic mass is 28.4. The SMILES string of the molecule is CCCCC(C)(C)O[Si](OCC)(OCC)OC(C)(C)CCCC. The Hall–Kier alpha value is 0.0569. The van der Waals surface area contributed by atoms with Crippen molar-refractivity contribution >= 4 is 9.05 Å². The summed E-state index contributed by atoms with van der Waals surface area (Å²) in [6, 6.07) is 0. The fraction of sp³-hybridized carbons (Fsp3) is 1.00. The first-order chi connectivity index (χ1) is 10.7. The van der Waals surface area contributed by atoms with Gasteiger partial charge in [-0.15, -0.1) is 0 Å². The molecule has 0 radical (unpaired) electrons. The Bertz CT molecular complexity index is 275. The molecule has 0 aliphatic carbocycles.